The van der Waals surface area contributed by atoms with Gasteiger partial charge in [-0.1, -0.05) is 66.2 Å². The average molecular weight is 405 g/mol. The number of halogens is 1. The van der Waals surface area contributed by atoms with Crippen LogP contribution >= 0.6 is 11.6 Å². The second-order valence-electron chi connectivity index (χ2n) is 6.60. The third-order valence-electron chi connectivity index (χ3n) is 5.08. The summed E-state index contributed by atoms with van der Waals surface area (Å²) in [5.41, 5.74) is 1.86. The predicted octanol–water partition coefficient (Wildman–Crippen LogP) is 6.84. The Labute approximate surface area is 175 Å². The first-order chi connectivity index (χ1) is 14.2. The van der Waals surface area contributed by atoms with Crippen molar-refractivity contribution in [2.45, 2.75) is 0 Å². The van der Waals surface area contributed by atoms with Gasteiger partial charge in [-0.3, -0.25) is 0 Å². The first-order valence-electron chi connectivity index (χ1n) is 9.25. The molecule has 0 amide bonds. The molecule has 0 aliphatic rings. The molecule has 29 heavy (non-hydrogen) atoms. The Kier molecular flexibility index (Phi) is 5.32. The number of benzene rings is 4. The first-order valence-corrected chi connectivity index (χ1v) is 9.62. The minimum absolute atomic E-state index is 0.694. The van der Waals surface area contributed by atoms with Crippen LogP contribution in [0.3, 0.4) is 0 Å². The zero-order valence-corrected chi connectivity index (χ0v) is 17.3. The van der Waals surface area contributed by atoms with Crippen LogP contribution in [0.4, 0.5) is 0 Å². The van der Waals surface area contributed by atoms with Crippen molar-refractivity contribution in [3.8, 4) is 17.2 Å². The Hall–Kier alpha value is -3.17. The second-order valence-corrected chi connectivity index (χ2v) is 6.98. The van der Waals surface area contributed by atoms with Gasteiger partial charge in [-0.15, -0.1) is 0 Å². The fraction of sp³-hybridized carbons (Fsp3) is 0.120. The molecule has 0 aliphatic carbocycles. The topological polar surface area (TPSA) is 27.7 Å². The molecule has 0 fully saturated rings. The van der Waals surface area contributed by atoms with Crippen LogP contribution < -0.4 is 14.2 Å². The molecule has 0 unspecified atom stereocenters. The first kappa shape index (κ1) is 19.2. The fourth-order valence-corrected chi connectivity index (χ4v) is 3.95. The summed E-state index contributed by atoms with van der Waals surface area (Å²) in [4.78, 5) is 0. The molecular formula is C25H21ClO3. The Bertz CT molecular complexity index is 1230. The summed E-state index contributed by atoms with van der Waals surface area (Å²) >= 11 is 6.78. The van der Waals surface area contributed by atoms with Crippen molar-refractivity contribution in [3.05, 3.63) is 76.8 Å². The van der Waals surface area contributed by atoms with Gasteiger partial charge in [-0.25, -0.2) is 0 Å². The minimum Gasteiger partial charge on any atom is -0.496 e. The largest absolute Gasteiger partial charge is 0.496 e. The highest BCUT2D eigenvalue weighted by Gasteiger charge is 2.10. The molecule has 4 rings (SSSR count). The molecule has 146 valence electrons. The van der Waals surface area contributed by atoms with Gasteiger partial charge in [0.25, 0.3) is 0 Å². The number of methoxy groups -OCH3 is 3. The molecule has 0 bridgehead atoms. The maximum absolute atomic E-state index is 6.78. The second kappa shape index (κ2) is 8.06. The van der Waals surface area contributed by atoms with Crippen molar-refractivity contribution in [2.75, 3.05) is 21.3 Å². The van der Waals surface area contributed by atoms with Gasteiger partial charge in [0, 0.05) is 16.3 Å². The van der Waals surface area contributed by atoms with E-state index in [1.807, 2.05) is 54.6 Å². The van der Waals surface area contributed by atoms with Gasteiger partial charge in [0.2, 0.25) is 0 Å². The smallest absolute Gasteiger partial charge is 0.167 e. The van der Waals surface area contributed by atoms with E-state index >= 15 is 0 Å². The lowest BCUT2D eigenvalue weighted by atomic mass is 9.99. The van der Waals surface area contributed by atoms with Crippen LogP contribution in [0.25, 0.3) is 33.7 Å². The van der Waals surface area contributed by atoms with E-state index in [2.05, 4.69) is 18.2 Å². The summed E-state index contributed by atoms with van der Waals surface area (Å²) in [6.07, 6.45) is 3.98. The lowest BCUT2D eigenvalue weighted by molar-refractivity contribution is 0.354. The van der Waals surface area contributed by atoms with E-state index in [9.17, 15) is 0 Å². The zero-order valence-electron chi connectivity index (χ0n) is 16.5. The number of hydrogen-bond donors (Lipinski definition) is 0. The molecule has 0 heterocycles. The van der Waals surface area contributed by atoms with Crippen molar-refractivity contribution < 1.29 is 14.2 Å². The predicted molar refractivity (Wildman–Crippen MR) is 121 cm³/mol. The molecule has 0 aromatic heterocycles. The van der Waals surface area contributed by atoms with Crippen LogP contribution in [0.15, 0.2) is 60.7 Å². The van der Waals surface area contributed by atoms with Gasteiger partial charge >= 0.3 is 0 Å². The molecule has 0 saturated heterocycles. The molecule has 4 heteroatoms. The SMILES string of the molecule is COc1cccc(/C=C\c2ccc3c(ccc4c(OC)cccc43)c2Cl)c1OC. The number of ether oxygens (including phenoxy) is 3. The Morgan fingerprint density at radius 2 is 1.21 bits per heavy atom. The highest BCUT2D eigenvalue weighted by Crippen LogP contribution is 2.37. The molecule has 0 spiro atoms. The van der Waals surface area contributed by atoms with Gasteiger partial charge in [0.15, 0.2) is 11.5 Å². The highest BCUT2D eigenvalue weighted by atomic mass is 35.5. The van der Waals surface area contributed by atoms with Gasteiger partial charge in [-0.05, 0) is 34.5 Å². The van der Waals surface area contributed by atoms with Crippen LogP contribution in [-0.2, 0) is 0 Å². The monoisotopic (exact) mass is 404 g/mol. The van der Waals surface area contributed by atoms with Crippen LogP contribution in [0.5, 0.6) is 17.2 Å². The summed E-state index contributed by atoms with van der Waals surface area (Å²) in [6.45, 7) is 0. The molecule has 0 atom stereocenters. The summed E-state index contributed by atoms with van der Waals surface area (Å²) in [5.74, 6) is 2.25. The van der Waals surface area contributed by atoms with E-state index in [4.69, 9.17) is 25.8 Å². The van der Waals surface area contributed by atoms with Crippen LogP contribution in [0.1, 0.15) is 11.1 Å². The van der Waals surface area contributed by atoms with Gasteiger partial charge in [0.05, 0.1) is 26.4 Å². The minimum atomic E-state index is 0.694. The molecule has 4 aromatic carbocycles. The quantitative estimate of drug-likeness (QED) is 0.269. The van der Waals surface area contributed by atoms with Gasteiger partial charge in [-0.2, -0.15) is 0 Å². The van der Waals surface area contributed by atoms with Crippen molar-refractivity contribution in [2.24, 2.45) is 0 Å². The number of hydrogen-bond acceptors (Lipinski definition) is 3. The number of rotatable bonds is 5. The number of para-hydroxylation sites is 1. The molecule has 3 nitrogen and oxygen atoms in total. The molecule has 0 radical (unpaired) electrons. The van der Waals surface area contributed by atoms with E-state index in [-0.39, 0.29) is 0 Å². The third-order valence-corrected chi connectivity index (χ3v) is 5.50. The Morgan fingerprint density at radius 1 is 0.586 bits per heavy atom. The fourth-order valence-electron chi connectivity index (χ4n) is 3.65. The molecule has 0 saturated carbocycles. The lowest BCUT2D eigenvalue weighted by Crippen LogP contribution is -1.92. The molecule has 0 N–H and O–H groups in total. The van der Waals surface area contributed by atoms with E-state index < -0.39 is 0 Å². The summed E-state index contributed by atoms with van der Waals surface area (Å²) in [6, 6.07) is 20.1. The third kappa shape index (κ3) is 3.39. The summed E-state index contributed by atoms with van der Waals surface area (Å²) in [7, 11) is 4.95. The number of fused-ring (bicyclic) bond motifs is 3. The summed E-state index contributed by atoms with van der Waals surface area (Å²) < 4.78 is 16.4. The van der Waals surface area contributed by atoms with E-state index in [0.717, 1.165) is 38.4 Å². The normalized spacial score (nSPS) is 11.3. The Balaban J connectivity index is 1.81. The molecule has 4 aromatic rings. The lowest BCUT2D eigenvalue weighted by Gasteiger charge is -2.11. The van der Waals surface area contributed by atoms with Crippen molar-refractivity contribution >= 4 is 45.3 Å². The zero-order chi connectivity index (χ0) is 20.4. The van der Waals surface area contributed by atoms with Crippen LogP contribution in [0.2, 0.25) is 5.02 Å². The van der Waals surface area contributed by atoms with Crippen molar-refractivity contribution in [1.29, 1.82) is 0 Å². The Morgan fingerprint density at radius 3 is 1.97 bits per heavy atom. The highest BCUT2D eigenvalue weighted by molar-refractivity contribution is 6.38. The van der Waals surface area contributed by atoms with E-state index in [1.54, 1.807) is 21.3 Å². The van der Waals surface area contributed by atoms with E-state index in [0.29, 0.717) is 16.5 Å². The molecule has 0 aliphatic heterocycles. The molecular weight excluding hydrogens is 384 g/mol. The van der Waals surface area contributed by atoms with Gasteiger partial charge in [0.1, 0.15) is 5.75 Å². The van der Waals surface area contributed by atoms with Crippen molar-refractivity contribution in [3.63, 3.8) is 0 Å². The summed E-state index contributed by atoms with van der Waals surface area (Å²) in [5, 5.41) is 5.01. The standard InChI is InChI=1S/C25H21ClO3/c1-27-22-8-5-7-18-19-13-12-16(24(26)21(19)15-14-20(18)22)10-11-17-6-4-9-23(28-2)25(17)29-3/h4-15H,1-3H3/b11-10-. The van der Waals surface area contributed by atoms with Crippen LogP contribution in [0, 0.1) is 0 Å². The maximum Gasteiger partial charge on any atom is 0.167 e. The van der Waals surface area contributed by atoms with Gasteiger partial charge < -0.3 is 14.2 Å². The van der Waals surface area contributed by atoms with E-state index in [1.165, 1.54) is 0 Å². The van der Waals surface area contributed by atoms with Crippen LogP contribution in [-0.4, -0.2) is 21.3 Å². The maximum atomic E-state index is 6.78. The average Bonchev–Trinajstić information content (AvgIpc) is 2.77. The van der Waals surface area contributed by atoms with Crippen molar-refractivity contribution in [1.82, 2.24) is 0 Å².